The minimum absolute atomic E-state index is 0.189. The average molecular weight is 350 g/mol. The van der Waals surface area contributed by atoms with Crippen molar-refractivity contribution in [2.45, 2.75) is 64.0 Å². The first-order valence-corrected chi connectivity index (χ1v) is 9.69. The molecule has 1 aliphatic heterocycles. The van der Waals surface area contributed by atoms with Crippen molar-refractivity contribution in [2.75, 3.05) is 26.2 Å². The zero-order valence-electron chi connectivity index (χ0n) is 15.1. The summed E-state index contributed by atoms with van der Waals surface area (Å²) in [5, 5.41) is 5.38. The van der Waals surface area contributed by atoms with Gasteiger partial charge in [-0.05, 0) is 32.6 Å². The maximum atomic E-state index is 12.3. The molecule has 3 rings (SSSR count). The molecule has 1 atom stereocenters. The van der Waals surface area contributed by atoms with E-state index in [1.165, 1.54) is 6.42 Å². The molecule has 140 valence electrons. The topological polar surface area (TPSA) is 81.8 Å². The minimum Gasteiger partial charge on any atom is -0.340 e. The molecule has 3 fully saturated rings. The summed E-state index contributed by atoms with van der Waals surface area (Å²) >= 11 is 0. The van der Waals surface area contributed by atoms with Crippen molar-refractivity contribution >= 4 is 17.8 Å². The van der Waals surface area contributed by atoms with Crippen molar-refractivity contribution in [1.29, 1.82) is 0 Å². The number of piperazine rings is 1. The molecule has 1 saturated heterocycles. The highest BCUT2D eigenvalue weighted by molar-refractivity contribution is 5.96. The van der Waals surface area contributed by atoms with Gasteiger partial charge in [-0.25, -0.2) is 4.79 Å². The van der Waals surface area contributed by atoms with E-state index in [1.54, 1.807) is 0 Å². The van der Waals surface area contributed by atoms with Gasteiger partial charge < -0.3 is 10.2 Å². The van der Waals surface area contributed by atoms with E-state index >= 15 is 0 Å². The fraction of sp³-hybridized carbons (Fsp3) is 0.833. The number of urea groups is 1. The molecule has 1 heterocycles. The number of imide groups is 1. The molecule has 0 aromatic heterocycles. The van der Waals surface area contributed by atoms with Crippen molar-refractivity contribution in [2.24, 2.45) is 5.92 Å². The first-order valence-electron chi connectivity index (χ1n) is 9.69. The zero-order valence-corrected chi connectivity index (χ0v) is 15.1. The molecule has 0 spiro atoms. The number of carbonyl (C=O) groups excluding carboxylic acids is 3. The van der Waals surface area contributed by atoms with Crippen LogP contribution < -0.4 is 10.6 Å². The van der Waals surface area contributed by atoms with Gasteiger partial charge in [0.1, 0.15) is 0 Å². The Bertz CT molecular complexity index is 506. The molecule has 3 aliphatic rings. The van der Waals surface area contributed by atoms with E-state index < -0.39 is 0 Å². The number of nitrogens with zero attached hydrogens (tertiary/aromatic N) is 2. The number of hydrogen-bond acceptors (Lipinski definition) is 4. The van der Waals surface area contributed by atoms with Crippen LogP contribution in [0.4, 0.5) is 4.79 Å². The predicted molar refractivity (Wildman–Crippen MR) is 93.9 cm³/mol. The summed E-state index contributed by atoms with van der Waals surface area (Å²) in [4.78, 5) is 40.4. The summed E-state index contributed by atoms with van der Waals surface area (Å²) in [6, 6.07) is -0.560. The maximum absolute atomic E-state index is 12.3. The second-order valence-corrected chi connectivity index (χ2v) is 7.61. The first kappa shape index (κ1) is 18.2. The van der Waals surface area contributed by atoms with Crippen molar-refractivity contribution in [1.82, 2.24) is 20.4 Å². The summed E-state index contributed by atoms with van der Waals surface area (Å²) in [7, 11) is 0. The van der Waals surface area contributed by atoms with Gasteiger partial charge in [0.2, 0.25) is 11.8 Å². The standard InChI is InChI=1S/C18H30N4O3/c1-13(16(23)20-18(25)19-15-5-3-2-4-6-15)21-9-11-22(12-10-21)17(24)14-7-8-14/h13-15H,2-12H2,1H3,(H2,19,20,23,25)/t13-/m0/s1. The van der Waals surface area contributed by atoms with Crippen LogP contribution in [0.25, 0.3) is 0 Å². The fourth-order valence-electron chi connectivity index (χ4n) is 3.77. The number of rotatable bonds is 4. The molecular weight excluding hydrogens is 320 g/mol. The van der Waals surface area contributed by atoms with Gasteiger partial charge in [-0.3, -0.25) is 19.8 Å². The van der Waals surface area contributed by atoms with Crippen LogP contribution in [0.1, 0.15) is 51.9 Å². The molecule has 7 nitrogen and oxygen atoms in total. The highest BCUT2D eigenvalue weighted by Gasteiger charge is 2.35. The second kappa shape index (κ2) is 8.17. The van der Waals surface area contributed by atoms with Crippen LogP contribution in [0.15, 0.2) is 0 Å². The van der Waals surface area contributed by atoms with E-state index in [2.05, 4.69) is 10.6 Å². The number of nitrogens with one attached hydrogen (secondary N) is 2. The lowest BCUT2D eigenvalue weighted by Crippen LogP contribution is -2.57. The molecule has 25 heavy (non-hydrogen) atoms. The van der Waals surface area contributed by atoms with E-state index in [0.717, 1.165) is 38.5 Å². The Morgan fingerprint density at radius 1 is 0.920 bits per heavy atom. The van der Waals surface area contributed by atoms with Gasteiger partial charge in [0, 0.05) is 38.1 Å². The predicted octanol–water partition coefficient (Wildman–Crippen LogP) is 1.09. The zero-order chi connectivity index (χ0) is 17.8. The largest absolute Gasteiger partial charge is 0.340 e. The van der Waals surface area contributed by atoms with Crippen LogP contribution in [0.5, 0.6) is 0 Å². The second-order valence-electron chi connectivity index (χ2n) is 7.61. The summed E-state index contributed by atoms with van der Waals surface area (Å²) in [6.45, 7) is 4.51. The van der Waals surface area contributed by atoms with E-state index in [-0.39, 0.29) is 35.8 Å². The van der Waals surface area contributed by atoms with Crippen LogP contribution >= 0.6 is 0 Å². The van der Waals surface area contributed by atoms with Crippen LogP contribution in [0.3, 0.4) is 0 Å². The maximum Gasteiger partial charge on any atom is 0.321 e. The Morgan fingerprint density at radius 2 is 1.56 bits per heavy atom. The Morgan fingerprint density at radius 3 is 2.16 bits per heavy atom. The van der Waals surface area contributed by atoms with Crippen molar-refractivity contribution in [3.63, 3.8) is 0 Å². The van der Waals surface area contributed by atoms with Crippen LogP contribution in [0.2, 0.25) is 0 Å². The van der Waals surface area contributed by atoms with Crippen LogP contribution in [0, 0.1) is 5.92 Å². The molecule has 0 radical (unpaired) electrons. The molecular formula is C18H30N4O3. The van der Waals surface area contributed by atoms with Gasteiger partial charge in [0.25, 0.3) is 0 Å². The smallest absolute Gasteiger partial charge is 0.321 e. The van der Waals surface area contributed by atoms with E-state index in [1.807, 2.05) is 16.7 Å². The van der Waals surface area contributed by atoms with Gasteiger partial charge in [0.05, 0.1) is 6.04 Å². The third-order valence-corrected chi connectivity index (χ3v) is 5.66. The summed E-state index contributed by atoms with van der Waals surface area (Å²) in [6.07, 6.45) is 7.54. The molecule has 2 N–H and O–H groups in total. The Hall–Kier alpha value is -1.63. The highest BCUT2D eigenvalue weighted by atomic mass is 16.2. The van der Waals surface area contributed by atoms with Gasteiger partial charge in [0.15, 0.2) is 0 Å². The highest BCUT2D eigenvalue weighted by Crippen LogP contribution is 2.31. The molecule has 2 aliphatic carbocycles. The van der Waals surface area contributed by atoms with E-state index in [9.17, 15) is 14.4 Å². The van der Waals surface area contributed by atoms with Gasteiger partial charge in [-0.1, -0.05) is 19.3 Å². The molecule has 0 aromatic carbocycles. The Labute approximate surface area is 149 Å². The third-order valence-electron chi connectivity index (χ3n) is 5.66. The summed E-state index contributed by atoms with van der Waals surface area (Å²) < 4.78 is 0. The van der Waals surface area contributed by atoms with Crippen molar-refractivity contribution in [3.8, 4) is 0 Å². The SMILES string of the molecule is C[C@@H](C(=O)NC(=O)NC1CCCCC1)N1CCN(C(=O)C2CC2)CC1. The van der Waals surface area contributed by atoms with Crippen molar-refractivity contribution < 1.29 is 14.4 Å². The van der Waals surface area contributed by atoms with Crippen LogP contribution in [-0.4, -0.2) is 65.9 Å². The van der Waals surface area contributed by atoms with Gasteiger partial charge in [-0.2, -0.15) is 0 Å². The summed E-state index contributed by atoms with van der Waals surface area (Å²) in [5.41, 5.74) is 0. The fourth-order valence-corrected chi connectivity index (χ4v) is 3.77. The minimum atomic E-state index is -0.383. The Balaban J connectivity index is 1.39. The molecule has 0 bridgehead atoms. The van der Waals surface area contributed by atoms with Gasteiger partial charge in [-0.15, -0.1) is 0 Å². The Kier molecular flexibility index (Phi) is 5.93. The molecule has 7 heteroatoms. The molecule has 0 unspecified atom stereocenters. The van der Waals surface area contributed by atoms with Gasteiger partial charge >= 0.3 is 6.03 Å². The van der Waals surface area contributed by atoms with E-state index in [4.69, 9.17) is 0 Å². The lowest BCUT2D eigenvalue weighted by atomic mass is 9.96. The lowest BCUT2D eigenvalue weighted by Gasteiger charge is -2.37. The quantitative estimate of drug-likeness (QED) is 0.795. The van der Waals surface area contributed by atoms with Crippen molar-refractivity contribution in [3.05, 3.63) is 0 Å². The van der Waals surface area contributed by atoms with E-state index in [0.29, 0.717) is 26.2 Å². The first-order chi connectivity index (χ1) is 12.0. The number of hydrogen-bond donors (Lipinski definition) is 2. The third kappa shape index (κ3) is 4.93. The number of carbonyl (C=O) groups is 3. The summed E-state index contributed by atoms with van der Waals surface area (Å²) in [5.74, 6) is 0.245. The normalized spacial score (nSPS) is 23.8. The monoisotopic (exact) mass is 350 g/mol. The molecule has 0 aromatic rings. The average Bonchev–Trinajstić information content (AvgIpc) is 3.46. The molecule has 4 amide bonds. The molecule has 2 saturated carbocycles. The number of amides is 4. The lowest BCUT2D eigenvalue weighted by molar-refractivity contribution is -0.135. The van der Waals surface area contributed by atoms with Crippen LogP contribution in [-0.2, 0) is 9.59 Å².